The molecular formula is C15H17N3O2S2. The van der Waals surface area contributed by atoms with E-state index in [1.54, 1.807) is 18.9 Å². The van der Waals surface area contributed by atoms with Gasteiger partial charge in [-0.05, 0) is 37.1 Å². The molecule has 1 aliphatic rings. The molecule has 22 heavy (non-hydrogen) atoms. The second-order valence-electron chi connectivity index (χ2n) is 5.05. The van der Waals surface area contributed by atoms with Crippen molar-refractivity contribution in [3.63, 3.8) is 0 Å². The Balaban J connectivity index is 1.61. The van der Waals surface area contributed by atoms with Crippen LogP contribution in [0.15, 0.2) is 28.6 Å². The number of carbonyl (C=O) groups is 1. The van der Waals surface area contributed by atoms with Gasteiger partial charge in [-0.2, -0.15) is 0 Å². The lowest BCUT2D eigenvalue weighted by atomic mass is 9.99. The van der Waals surface area contributed by atoms with Gasteiger partial charge in [-0.25, -0.2) is 0 Å². The van der Waals surface area contributed by atoms with E-state index < -0.39 is 0 Å². The molecule has 3 rings (SSSR count). The molecular weight excluding hydrogens is 318 g/mol. The predicted octanol–water partition coefficient (Wildman–Crippen LogP) is 3.89. The number of thioether (sulfide) groups is 1. The Morgan fingerprint density at radius 3 is 2.82 bits per heavy atom. The molecule has 1 aromatic heterocycles. The second-order valence-corrected chi connectivity index (χ2v) is 7.47. The van der Waals surface area contributed by atoms with Crippen molar-refractivity contribution < 1.29 is 9.53 Å². The minimum atomic E-state index is 0.0514. The van der Waals surface area contributed by atoms with E-state index in [1.165, 1.54) is 11.3 Å². The third kappa shape index (κ3) is 3.78. The van der Waals surface area contributed by atoms with Crippen molar-refractivity contribution in [2.45, 2.75) is 35.3 Å². The van der Waals surface area contributed by atoms with Gasteiger partial charge in [0.05, 0.1) is 12.4 Å². The van der Waals surface area contributed by atoms with Gasteiger partial charge in [0.15, 0.2) is 4.34 Å². The molecule has 0 amide bonds. The summed E-state index contributed by atoms with van der Waals surface area (Å²) in [6.07, 6.45) is 3.80. The van der Waals surface area contributed by atoms with Crippen LogP contribution in [0.2, 0.25) is 0 Å². The summed E-state index contributed by atoms with van der Waals surface area (Å²) in [5, 5.41) is 12.3. The molecule has 0 aliphatic heterocycles. The minimum absolute atomic E-state index is 0.0514. The minimum Gasteiger partial charge on any atom is -0.497 e. The summed E-state index contributed by atoms with van der Waals surface area (Å²) < 4.78 is 5.97. The molecule has 5 nitrogen and oxygen atoms in total. The fraction of sp³-hybridized carbons (Fsp3) is 0.400. The molecule has 0 saturated heterocycles. The second kappa shape index (κ2) is 7.11. The van der Waals surface area contributed by atoms with Crippen molar-refractivity contribution in [1.29, 1.82) is 0 Å². The average Bonchev–Trinajstić information content (AvgIpc) is 2.97. The highest BCUT2D eigenvalue weighted by atomic mass is 32.2. The number of hydrogen-bond acceptors (Lipinski definition) is 7. The Labute approximate surface area is 137 Å². The molecule has 0 unspecified atom stereocenters. The smallest absolute Gasteiger partial charge is 0.210 e. The number of nitrogens with one attached hydrogen (secondary N) is 1. The Morgan fingerprint density at radius 1 is 1.27 bits per heavy atom. The number of methoxy groups -OCH3 is 1. The van der Waals surface area contributed by atoms with Crippen LogP contribution in [0.4, 0.5) is 10.8 Å². The molecule has 0 bridgehead atoms. The van der Waals surface area contributed by atoms with Crippen LogP contribution < -0.4 is 10.1 Å². The number of aromatic nitrogens is 2. The van der Waals surface area contributed by atoms with Gasteiger partial charge in [0, 0.05) is 12.1 Å². The number of nitrogens with zero attached hydrogens (tertiary/aromatic N) is 2. The summed E-state index contributed by atoms with van der Waals surface area (Å²) in [6.45, 7) is 0. The van der Waals surface area contributed by atoms with Gasteiger partial charge < -0.3 is 10.1 Å². The monoisotopic (exact) mass is 335 g/mol. The van der Waals surface area contributed by atoms with Gasteiger partial charge in [0.1, 0.15) is 11.5 Å². The number of ketones is 1. The van der Waals surface area contributed by atoms with Gasteiger partial charge in [0.25, 0.3) is 0 Å². The highest BCUT2D eigenvalue weighted by molar-refractivity contribution is 8.02. The van der Waals surface area contributed by atoms with Gasteiger partial charge in [0.2, 0.25) is 5.13 Å². The Kier molecular flexibility index (Phi) is 4.94. The lowest BCUT2D eigenvalue weighted by Crippen LogP contribution is -2.21. The largest absolute Gasteiger partial charge is 0.497 e. The normalized spacial score (nSPS) is 18.2. The van der Waals surface area contributed by atoms with Crippen LogP contribution in [0.25, 0.3) is 0 Å². The van der Waals surface area contributed by atoms with Crippen LogP contribution in [0.1, 0.15) is 25.7 Å². The van der Waals surface area contributed by atoms with E-state index in [2.05, 4.69) is 15.5 Å². The molecule has 1 N–H and O–H groups in total. The summed E-state index contributed by atoms with van der Waals surface area (Å²) in [7, 11) is 1.64. The third-order valence-electron chi connectivity index (χ3n) is 3.49. The van der Waals surface area contributed by atoms with Gasteiger partial charge in [-0.1, -0.05) is 29.5 Å². The van der Waals surface area contributed by atoms with Gasteiger partial charge >= 0.3 is 0 Å². The first-order chi connectivity index (χ1) is 10.7. The number of rotatable bonds is 5. The maximum Gasteiger partial charge on any atom is 0.210 e. The zero-order valence-electron chi connectivity index (χ0n) is 12.2. The Bertz CT molecular complexity index is 642. The molecule has 1 heterocycles. The van der Waals surface area contributed by atoms with Crippen molar-refractivity contribution >= 4 is 39.7 Å². The number of carbonyl (C=O) groups excluding carboxylic acids is 1. The zero-order valence-corrected chi connectivity index (χ0v) is 13.9. The summed E-state index contributed by atoms with van der Waals surface area (Å²) in [4.78, 5) is 11.9. The van der Waals surface area contributed by atoms with Crippen molar-refractivity contribution in [3.8, 4) is 5.75 Å². The van der Waals surface area contributed by atoms with Crippen LogP contribution in [0, 0.1) is 0 Å². The standard InChI is InChI=1S/C15H17N3O2S2/c1-20-11-8-6-10(7-9-11)16-14-17-18-15(22-14)21-13-5-3-2-4-12(13)19/h6-9,13H,2-5H2,1H3,(H,16,17)/t13-/m0/s1. The SMILES string of the molecule is COc1ccc(Nc2nnc(S[C@H]3CCCCC3=O)s2)cc1. The summed E-state index contributed by atoms with van der Waals surface area (Å²) in [5.41, 5.74) is 0.933. The first-order valence-electron chi connectivity index (χ1n) is 7.18. The number of Topliss-reactive ketones (excluding diaryl/α,β-unsaturated/α-hetero) is 1. The van der Waals surface area contributed by atoms with Crippen LogP contribution in [-0.2, 0) is 4.79 Å². The first-order valence-corrected chi connectivity index (χ1v) is 8.88. The molecule has 2 aromatic rings. The van der Waals surface area contributed by atoms with Crippen molar-refractivity contribution in [1.82, 2.24) is 10.2 Å². The summed E-state index contributed by atoms with van der Waals surface area (Å²) in [5.74, 6) is 1.16. The molecule has 1 atom stereocenters. The van der Waals surface area contributed by atoms with E-state index >= 15 is 0 Å². The van der Waals surface area contributed by atoms with Crippen LogP contribution in [0.3, 0.4) is 0 Å². The van der Waals surface area contributed by atoms with Crippen molar-refractivity contribution in [2.24, 2.45) is 0 Å². The fourth-order valence-electron chi connectivity index (χ4n) is 2.30. The Morgan fingerprint density at radius 2 is 2.09 bits per heavy atom. The van der Waals surface area contributed by atoms with Gasteiger partial charge in [-0.15, -0.1) is 10.2 Å². The quantitative estimate of drug-likeness (QED) is 0.894. The molecule has 116 valence electrons. The van der Waals surface area contributed by atoms with Crippen LogP contribution in [0.5, 0.6) is 5.75 Å². The van der Waals surface area contributed by atoms with E-state index in [0.717, 1.165) is 40.2 Å². The maximum absolute atomic E-state index is 11.9. The molecule has 1 saturated carbocycles. The lowest BCUT2D eigenvalue weighted by Gasteiger charge is -2.17. The number of ether oxygens (including phenoxy) is 1. The summed E-state index contributed by atoms with van der Waals surface area (Å²) >= 11 is 3.02. The lowest BCUT2D eigenvalue weighted by molar-refractivity contribution is -0.119. The average molecular weight is 335 g/mol. The first kappa shape index (κ1) is 15.3. The third-order valence-corrected chi connectivity index (χ3v) is 5.73. The van der Waals surface area contributed by atoms with E-state index in [4.69, 9.17) is 4.74 Å². The number of hydrogen-bond donors (Lipinski definition) is 1. The van der Waals surface area contributed by atoms with Gasteiger partial charge in [-0.3, -0.25) is 4.79 Å². The highest BCUT2D eigenvalue weighted by Crippen LogP contribution is 2.35. The highest BCUT2D eigenvalue weighted by Gasteiger charge is 2.24. The van der Waals surface area contributed by atoms with E-state index in [0.29, 0.717) is 12.2 Å². The molecule has 1 aromatic carbocycles. The molecule has 1 fully saturated rings. The van der Waals surface area contributed by atoms with Crippen LogP contribution >= 0.6 is 23.1 Å². The molecule has 7 heteroatoms. The van der Waals surface area contributed by atoms with Crippen molar-refractivity contribution in [2.75, 3.05) is 12.4 Å². The van der Waals surface area contributed by atoms with Crippen LogP contribution in [-0.4, -0.2) is 28.3 Å². The van der Waals surface area contributed by atoms with E-state index in [1.807, 2.05) is 24.3 Å². The summed E-state index contributed by atoms with van der Waals surface area (Å²) in [6, 6.07) is 7.63. The van der Waals surface area contributed by atoms with E-state index in [-0.39, 0.29) is 5.25 Å². The molecule has 1 aliphatic carbocycles. The molecule has 0 spiro atoms. The Hall–Kier alpha value is -1.60. The molecule has 0 radical (unpaired) electrons. The number of anilines is 2. The van der Waals surface area contributed by atoms with Crippen molar-refractivity contribution in [3.05, 3.63) is 24.3 Å². The zero-order chi connectivity index (χ0) is 15.4. The maximum atomic E-state index is 11.9. The number of benzene rings is 1. The predicted molar refractivity (Wildman–Crippen MR) is 89.3 cm³/mol. The fourth-order valence-corrected chi connectivity index (χ4v) is 4.44. The van der Waals surface area contributed by atoms with E-state index in [9.17, 15) is 4.79 Å². The topological polar surface area (TPSA) is 64.1 Å².